The molecule has 0 bridgehead atoms. The summed E-state index contributed by atoms with van der Waals surface area (Å²) in [7, 11) is -1.61. The van der Waals surface area contributed by atoms with E-state index in [1.165, 1.54) is 17.4 Å². The van der Waals surface area contributed by atoms with Gasteiger partial charge < -0.3 is 4.80 Å². The van der Waals surface area contributed by atoms with Gasteiger partial charge in [-0.05, 0) is 26.1 Å². The van der Waals surface area contributed by atoms with E-state index in [4.69, 9.17) is 4.80 Å². The number of rotatable bonds is 2. The van der Waals surface area contributed by atoms with Crippen LogP contribution < -0.4 is 0 Å². The lowest BCUT2D eigenvalue weighted by molar-refractivity contribution is 0.561. The van der Waals surface area contributed by atoms with Crippen molar-refractivity contribution in [1.82, 2.24) is 0 Å². The SMILES string of the molecule is CCC[CH2][Mg+2].C[Si](C)(C)O.Cl. The van der Waals surface area contributed by atoms with Crippen molar-refractivity contribution in [2.75, 3.05) is 0 Å². The third-order valence-corrected chi connectivity index (χ3v) is 1.10. The minimum absolute atomic E-state index is 0. The average Bonchev–Trinajstić information content (AvgIpc) is 1.63. The van der Waals surface area contributed by atoms with Crippen LogP contribution in [-0.4, -0.2) is 34.8 Å². The molecular formula is C7H20ClMgOSi+2. The summed E-state index contributed by atoms with van der Waals surface area (Å²) in [5.41, 5.74) is 0. The fraction of sp³-hybridized carbons (Fsp3) is 1.00. The van der Waals surface area contributed by atoms with E-state index in [0.29, 0.717) is 0 Å². The molecule has 1 nitrogen and oxygen atoms in total. The Morgan fingerprint density at radius 3 is 1.55 bits per heavy atom. The molecular weight excluding hydrogens is 188 g/mol. The van der Waals surface area contributed by atoms with Crippen LogP contribution in [-0.2, 0) is 0 Å². The van der Waals surface area contributed by atoms with Crippen molar-refractivity contribution >= 4 is 42.4 Å². The molecule has 1 N–H and O–H groups in total. The smallest absolute Gasteiger partial charge is 0.433 e. The molecule has 0 aliphatic carbocycles. The molecule has 0 spiro atoms. The molecule has 65 valence electrons. The second-order valence-corrected chi connectivity index (χ2v) is 8.43. The van der Waals surface area contributed by atoms with E-state index in [0.717, 1.165) is 0 Å². The van der Waals surface area contributed by atoms with Gasteiger partial charge in [-0.25, -0.2) is 0 Å². The van der Waals surface area contributed by atoms with E-state index in [1.54, 1.807) is 0 Å². The van der Waals surface area contributed by atoms with E-state index in [9.17, 15) is 0 Å². The van der Waals surface area contributed by atoms with Gasteiger partial charge in [-0.2, -0.15) is 0 Å². The van der Waals surface area contributed by atoms with Crippen molar-refractivity contribution in [2.24, 2.45) is 0 Å². The Morgan fingerprint density at radius 1 is 1.27 bits per heavy atom. The van der Waals surface area contributed by atoms with Crippen molar-refractivity contribution in [2.45, 2.75) is 44.0 Å². The van der Waals surface area contributed by atoms with Crippen LogP contribution in [0.5, 0.6) is 0 Å². The maximum Gasteiger partial charge on any atom is 1.41 e. The summed E-state index contributed by atoms with van der Waals surface area (Å²) in [6, 6.07) is 0. The Balaban J connectivity index is -0.000000107. The highest BCUT2D eigenvalue weighted by Crippen LogP contribution is 1.88. The molecule has 0 saturated heterocycles. The zero-order valence-corrected chi connectivity index (χ0v) is 11.4. The predicted molar refractivity (Wildman–Crippen MR) is 58.3 cm³/mol. The summed E-state index contributed by atoms with van der Waals surface area (Å²) in [6.45, 7) is 7.86. The van der Waals surface area contributed by atoms with E-state index >= 15 is 0 Å². The molecule has 0 saturated carbocycles. The van der Waals surface area contributed by atoms with Gasteiger partial charge >= 0.3 is 21.7 Å². The Labute approximate surface area is 90.9 Å². The van der Waals surface area contributed by atoms with Crippen molar-refractivity contribution in [1.29, 1.82) is 0 Å². The summed E-state index contributed by atoms with van der Waals surface area (Å²) >= 11 is 2.05. The first-order valence-electron chi connectivity index (χ1n) is 3.93. The number of hydrogen-bond acceptors (Lipinski definition) is 1. The monoisotopic (exact) mass is 207 g/mol. The highest BCUT2D eigenvalue weighted by molar-refractivity contribution is 6.68. The van der Waals surface area contributed by atoms with Gasteiger partial charge in [-0.3, -0.25) is 0 Å². The van der Waals surface area contributed by atoms with E-state index in [2.05, 4.69) is 6.92 Å². The number of unbranched alkanes of at least 4 members (excludes halogenated alkanes) is 1. The molecule has 0 aromatic rings. The average molecular weight is 208 g/mol. The Hall–Kier alpha value is 1.23. The zero-order valence-electron chi connectivity index (χ0n) is 8.18. The first kappa shape index (κ1) is 18.1. The van der Waals surface area contributed by atoms with Gasteiger partial charge in [0.2, 0.25) is 0 Å². The first-order valence-corrected chi connectivity index (χ1v) is 8.38. The van der Waals surface area contributed by atoms with E-state index in [-0.39, 0.29) is 12.4 Å². The van der Waals surface area contributed by atoms with E-state index in [1.807, 2.05) is 41.3 Å². The Bertz CT molecular complexity index is 58.0. The van der Waals surface area contributed by atoms with Crippen molar-refractivity contribution in [3.05, 3.63) is 0 Å². The highest BCUT2D eigenvalue weighted by atomic mass is 35.5. The molecule has 0 heterocycles. The topological polar surface area (TPSA) is 20.2 Å². The second kappa shape index (κ2) is 11.2. The lowest BCUT2D eigenvalue weighted by Crippen LogP contribution is -2.17. The van der Waals surface area contributed by atoms with Crippen LogP contribution in [0.2, 0.25) is 24.2 Å². The minimum atomic E-state index is -1.61. The summed E-state index contributed by atoms with van der Waals surface area (Å²) in [5, 5.41) is 0. The molecule has 0 aliphatic rings. The predicted octanol–water partition coefficient (Wildman–Crippen LogP) is 2.61. The van der Waals surface area contributed by atoms with Crippen molar-refractivity contribution in [3.63, 3.8) is 0 Å². The van der Waals surface area contributed by atoms with Gasteiger partial charge in [0.25, 0.3) is 4.55 Å². The fourth-order valence-electron chi connectivity index (χ4n) is 0.250. The molecule has 0 aromatic carbocycles. The summed E-state index contributed by atoms with van der Waals surface area (Å²) in [5.74, 6) is 0. The lowest BCUT2D eigenvalue weighted by atomic mass is 10.4. The number of hydrogen-bond donors (Lipinski definition) is 1. The van der Waals surface area contributed by atoms with Crippen LogP contribution in [0.4, 0.5) is 0 Å². The number of halogens is 1. The highest BCUT2D eigenvalue weighted by Gasteiger charge is 2.19. The molecule has 0 amide bonds. The van der Waals surface area contributed by atoms with Gasteiger partial charge in [-0.15, -0.1) is 12.4 Å². The molecule has 0 unspecified atom stereocenters. The molecule has 4 heteroatoms. The third kappa shape index (κ3) is 91.6. The van der Waals surface area contributed by atoms with Crippen LogP contribution in [0.15, 0.2) is 0 Å². The van der Waals surface area contributed by atoms with Gasteiger partial charge in [0, 0.05) is 6.42 Å². The first-order chi connectivity index (χ1) is 4.41. The van der Waals surface area contributed by atoms with Crippen LogP contribution in [0.3, 0.4) is 0 Å². The Kier molecular flexibility index (Phi) is 18.5. The van der Waals surface area contributed by atoms with E-state index < -0.39 is 8.32 Å². The maximum atomic E-state index is 8.66. The van der Waals surface area contributed by atoms with Crippen molar-refractivity contribution in [3.8, 4) is 0 Å². The summed E-state index contributed by atoms with van der Waals surface area (Å²) in [6.07, 6.45) is 2.75. The molecule has 11 heavy (non-hydrogen) atoms. The molecule has 0 atom stereocenters. The molecule has 0 aliphatic heterocycles. The summed E-state index contributed by atoms with van der Waals surface area (Å²) in [4.78, 5) is 8.66. The van der Waals surface area contributed by atoms with Gasteiger partial charge in [0.15, 0.2) is 8.32 Å². The van der Waals surface area contributed by atoms with Crippen LogP contribution in [0.1, 0.15) is 19.8 Å². The normalized spacial score (nSPS) is 9.27. The van der Waals surface area contributed by atoms with Gasteiger partial charge in [0.1, 0.15) is 0 Å². The second-order valence-electron chi connectivity index (χ2n) is 3.38. The molecule has 0 rings (SSSR count). The fourth-order valence-corrected chi connectivity index (χ4v) is 0.750. The Morgan fingerprint density at radius 2 is 1.55 bits per heavy atom. The van der Waals surface area contributed by atoms with Crippen LogP contribution >= 0.6 is 12.4 Å². The lowest BCUT2D eigenvalue weighted by Gasteiger charge is -2.00. The summed E-state index contributed by atoms with van der Waals surface area (Å²) < 4.78 is 1.37. The van der Waals surface area contributed by atoms with Gasteiger partial charge in [0.05, 0.1) is 0 Å². The minimum Gasteiger partial charge on any atom is -0.433 e. The quantitative estimate of drug-likeness (QED) is 0.691. The van der Waals surface area contributed by atoms with Gasteiger partial charge in [-0.1, -0.05) is 6.92 Å². The molecule has 7 radical (unpaired) electrons. The zero-order chi connectivity index (χ0) is 8.62. The van der Waals surface area contributed by atoms with Crippen molar-refractivity contribution < 1.29 is 4.80 Å². The van der Waals surface area contributed by atoms with Crippen LogP contribution in [0.25, 0.3) is 0 Å². The van der Waals surface area contributed by atoms with Crippen LogP contribution in [0, 0.1) is 0 Å². The molecule has 0 fully saturated rings. The third-order valence-electron chi connectivity index (χ3n) is 0.604. The standard InChI is InChI=1S/C4H9.C3H10OSi.ClH.Mg/c1-3-4-2;1-5(2,3)4;;/h1,3-4H2,2H3;4H,1-3H3;1H;/q;;;+2. The molecule has 0 aromatic heterocycles. The largest absolute Gasteiger partial charge is 1.41 e. The maximum absolute atomic E-state index is 8.66.